The Bertz CT molecular complexity index is 5710. The number of nitrogens with zero attached hydrogens (tertiary/aromatic N) is 20. The van der Waals surface area contributed by atoms with E-state index in [1.165, 1.54) is 61.0 Å². The van der Waals surface area contributed by atoms with Gasteiger partial charge in [0, 0.05) is 149 Å². The van der Waals surface area contributed by atoms with Crippen molar-refractivity contribution in [2.45, 2.75) is 96.0 Å². The summed E-state index contributed by atoms with van der Waals surface area (Å²) in [6, 6.07) is 55.5. The van der Waals surface area contributed by atoms with Crippen molar-refractivity contribution in [3.05, 3.63) is 244 Å². The average Bonchev–Trinajstić information content (AvgIpc) is 0.772. The maximum atomic E-state index is 13.2. The summed E-state index contributed by atoms with van der Waals surface area (Å²) < 4.78 is 41.6. The third-order valence-corrected chi connectivity index (χ3v) is 26.4. The van der Waals surface area contributed by atoms with Crippen LogP contribution in [0.1, 0.15) is 61.0 Å². The van der Waals surface area contributed by atoms with Gasteiger partial charge in [-0.3, -0.25) is 24.4 Å². The number of ether oxygens (including phenoxy) is 7. The summed E-state index contributed by atoms with van der Waals surface area (Å²) in [5.74, 6) is 2.93. The number of fused-ring (bicyclic) bond motifs is 6. The standard InChI is InChI=1S/C37H41N7O4.C32H37N7O3.C30H36N6O2.CH4.3H2S.H2/c1-38-21-29-22-43(17-18-44(29)37(45)48-24-27-9-4-3-5-10-27)35-32-15-16-42(34-14-8-12-28-11-6-7-13-31(28)34)23-33(32)39-36(40-35)47-26-30-25-46-20-19-41(30)2;1-4-30(40)39-15-14-38(19-24(39)18-33-2)31-27-12-13-37(29-11-7-9-23-8-5-6-10-26(23)29)20-28(27)34-32(35-31)42-22-25-21-41-17-16-36(25)3;1-31-17-22-7-6-13-36(18-22)29-26-12-14-35(28-11-5-9-23-8-3-4-10-25(23)28)19-27(26)32-30(33-29)38-21-24-20-37-16-15-34(24)2;;;;;/h3-14,29-30H,15-26H2,2H3;4-11,24-25H,1,12-22H2,3H3;3-5,8-11,22,24H,6-7,12-21H2,2H3;1H4;3*1H2;1H/t29?,30-;24?,25-;22?,24-;;;;;/m000...../s1/i;;;;;;;1+1. The third-order valence-electron chi connectivity index (χ3n) is 26.4. The van der Waals surface area contributed by atoms with E-state index in [2.05, 4.69) is 214 Å². The first kappa shape index (κ1) is 98.0. The van der Waals surface area contributed by atoms with E-state index in [1.807, 2.05) is 30.3 Å². The van der Waals surface area contributed by atoms with Gasteiger partial charge in [0.05, 0.1) is 94.5 Å². The van der Waals surface area contributed by atoms with Gasteiger partial charge in [-0.25, -0.2) is 24.5 Å². The topological polar surface area (TPSA) is 225 Å². The van der Waals surface area contributed by atoms with Gasteiger partial charge in [-0.15, -0.1) is 0 Å². The van der Waals surface area contributed by atoms with Gasteiger partial charge in [-0.1, -0.05) is 154 Å². The molecular formula is C100H126N20O9S3. The van der Waals surface area contributed by atoms with Crippen molar-refractivity contribution in [3.63, 3.8) is 0 Å². The lowest BCUT2D eigenvalue weighted by molar-refractivity contribution is -0.128. The third kappa shape index (κ3) is 23.0. The van der Waals surface area contributed by atoms with Crippen LogP contribution in [0.15, 0.2) is 170 Å². The molecule has 7 aromatic carbocycles. The van der Waals surface area contributed by atoms with Crippen molar-refractivity contribution in [1.29, 1.82) is 0 Å². The number of piperazine rings is 2. The van der Waals surface area contributed by atoms with Crippen LogP contribution < -0.4 is 43.6 Å². The number of morpholine rings is 3. The van der Waals surface area contributed by atoms with Gasteiger partial charge in [0.1, 0.15) is 56.0 Å². The Morgan fingerprint density at radius 2 is 0.803 bits per heavy atom. The first-order valence-electron chi connectivity index (χ1n) is 45.1. The maximum Gasteiger partial charge on any atom is 0.410 e. The van der Waals surface area contributed by atoms with Crippen LogP contribution in [-0.4, -0.2) is 288 Å². The number of hydrogen-bond acceptors (Lipinski definition) is 24. The molecule has 132 heavy (non-hydrogen) atoms. The Labute approximate surface area is 798 Å². The quantitative estimate of drug-likeness (QED) is 0.0481. The summed E-state index contributed by atoms with van der Waals surface area (Å²) in [4.78, 5) is 90.9. The highest BCUT2D eigenvalue weighted by atomic mass is 32.1. The predicted octanol–water partition coefficient (Wildman–Crippen LogP) is 12.9. The molecule has 29 nitrogen and oxygen atoms in total. The first-order chi connectivity index (χ1) is 62.8. The van der Waals surface area contributed by atoms with E-state index in [4.69, 9.17) is 82.8 Å². The number of rotatable bonds is 21. The van der Waals surface area contributed by atoms with Crippen molar-refractivity contribution < 1.29 is 44.2 Å². The van der Waals surface area contributed by atoms with Crippen LogP contribution in [0.3, 0.4) is 0 Å². The molecule has 10 aromatic rings. The molecule has 0 saturated carbocycles. The van der Waals surface area contributed by atoms with Crippen molar-refractivity contribution in [2.75, 3.05) is 221 Å². The fourth-order valence-electron chi connectivity index (χ4n) is 19.1. The predicted molar refractivity (Wildman–Crippen MR) is 537 cm³/mol. The summed E-state index contributed by atoms with van der Waals surface area (Å²) in [5, 5.41) is 7.37. The Morgan fingerprint density at radius 3 is 1.20 bits per heavy atom. The minimum atomic E-state index is -0.398. The van der Waals surface area contributed by atoms with E-state index in [9.17, 15) is 9.59 Å². The molecule has 6 fully saturated rings. The fourth-order valence-corrected chi connectivity index (χ4v) is 19.1. The Hall–Kier alpha value is -11.5. The SMILES string of the molecule is C.S.S.S.[2HH].[C-]#[N+]CC1CCCN(c2nc(OC[C@@H]3COCCN3C)nc3c2CCN(c2cccc4ccccc24)C3)C1.[C-]#[N+]CC1CN(c2nc(OC[C@@H]3COCCN3C)nc3c2CCN(c2cccc4ccccc24)C3)CCN1C(=O)C=C.[C-]#[N+]CC1CN(c2nc(OC[C@@H]3COCCN3C)nc3c2CCN(c2cccc4ccccc24)C3)CCN1C(=O)OCc1ccccc1. The molecule has 9 aliphatic heterocycles. The number of anilines is 6. The van der Waals surface area contributed by atoms with Crippen molar-refractivity contribution in [3.8, 4) is 18.0 Å². The molecule has 9 aliphatic rings. The van der Waals surface area contributed by atoms with E-state index in [1.54, 1.807) is 9.80 Å². The Balaban J connectivity index is 0.000000178. The molecule has 6 saturated heterocycles. The number of likely N-dealkylation sites (N-methyl/N-ethyl adjacent to an activating group) is 3. The summed E-state index contributed by atoms with van der Waals surface area (Å²) in [7, 11) is 6.28. The molecule has 0 aliphatic carbocycles. The van der Waals surface area contributed by atoms with Crippen LogP contribution in [0.25, 0.3) is 46.9 Å². The van der Waals surface area contributed by atoms with Crippen LogP contribution in [0, 0.1) is 25.6 Å². The highest BCUT2D eigenvalue weighted by molar-refractivity contribution is 7.59. The minimum Gasteiger partial charge on any atom is -0.462 e. The van der Waals surface area contributed by atoms with Crippen LogP contribution in [0.2, 0.25) is 0 Å². The molecule has 3 unspecified atom stereocenters. The Morgan fingerprint density at radius 1 is 0.432 bits per heavy atom. The number of aromatic nitrogens is 6. The lowest BCUT2D eigenvalue weighted by Gasteiger charge is -2.41. The van der Waals surface area contributed by atoms with Gasteiger partial charge in [0.2, 0.25) is 25.5 Å². The number of carbonyl (C=O) groups excluding carboxylic acids is 2. The molecule has 0 spiro atoms. The molecule has 19 rings (SSSR count). The average molecular weight is 1850 g/mol. The number of hydrogen-bond donors (Lipinski definition) is 0. The van der Waals surface area contributed by atoms with Crippen molar-refractivity contribution in [1.82, 2.24) is 54.4 Å². The molecule has 0 N–H and O–H groups in total. The largest absolute Gasteiger partial charge is 0.462 e. The van der Waals surface area contributed by atoms with Gasteiger partial charge in [-0.05, 0) is 99.2 Å². The smallest absolute Gasteiger partial charge is 0.410 e. The minimum absolute atomic E-state index is 0. The summed E-state index contributed by atoms with van der Waals surface area (Å²) >= 11 is 0. The van der Waals surface area contributed by atoms with E-state index >= 15 is 0 Å². The highest BCUT2D eigenvalue weighted by Crippen LogP contribution is 2.40. The lowest BCUT2D eigenvalue weighted by atomic mass is 9.96. The summed E-state index contributed by atoms with van der Waals surface area (Å²) in [6.45, 7) is 44.9. The lowest BCUT2D eigenvalue weighted by Crippen LogP contribution is -2.57. The maximum absolute atomic E-state index is 13.2. The zero-order valence-electron chi connectivity index (χ0n) is 75.1. The molecule has 3 aromatic heterocycles. The molecule has 2 amide bonds. The van der Waals surface area contributed by atoms with Gasteiger partial charge in [-0.2, -0.15) is 70.4 Å². The monoisotopic (exact) mass is 1850 g/mol. The molecule has 698 valence electrons. The normalized spacial score (nSPS) is 20.3. The van der Waals surface area contributed by atoms with Crippen LogP contribution in [0.4, 0.5) is 39.3 Å². The molecular weight excluding hydrogens is 1720 g/mol. The highest BCUT2D eigenvalue weighted by Gasteiger charge is 2.40. The van der Waals surface area contributed by atoms with Gasteiger partial charge in [0.15, 0.2) is 0 Å². The fraction of sp³-hybridized carbons (Fsp3) is 0.450. The Kier molecular flexibility index (Phi) is 34.7. The number of carbonyl (C=O) groups is 2. The van der Waals surface area contributed by atoms with Crippen molar-refractivity contribution in [2.24, 2.45) is 5.92 Å². The van der Waals surface area contributed by atoms with E-state index in [-0.39, 0.29) is 105 Å². The second-order valence-corrected chi connectivity index (χ2v) is 34.5. The van der Waals surface area contributed by atoms with Crippen molar-refractivity contribution >= 4 is 119 Å². The molecule has 32 heteroatoms. The van der Waals surface area contributed by atoms with Gasteiger partial charge < -0.3 is 82.0 Å². The van der Waals surface area contributed by atoms with Gasteiger partial charge in [0.25, 0.3) is 0 Å². The second-order valence-electron chi connectivity index (χ2n) is 34.5. The number of amides is 2. The van der Waals surface area contributed by atoms with E-state index in [0.717, 1.165) is 155 Å². The molecule has 6 atom stereocenters. The molecule has 0 radical (unpaired) electrons. The number of piperidine rings is 1. The number of benzene rings is 7. The summed E-state index contributed by atoms with van der Waals surface area (Å²) in [6.07, 6.45) is 5.56. The first-order valence-corrected chi connectivity index (χ1v) is 45.1. The zero-order chi connectivity index (χ0) is 87.8. The molecule has 12 heterocycles. The molecule has 0 bridgehead atoms. The summed E-state index contributed by atoms with van der Waals surface area (Å²) in [5.41, 5.74) is 10.9. The zero-order valence-corrected chi connectivity index (χ0v) is 78.1. The van der Waals surface area contributed by atoms with Crippen LogP contribution >= 0.6 is 40.5 Å². The van der Waals surface area contributed by atoms with E-state index < -0.39 is 6.09 Å². The van der Waals surface area contributed by atoms with Crippen LogP contribution in [-0.2, 0) is 69.2 Å². The second kappa shape index (κ2) is 46.7. The van der Waals surface area contributed by atoms with Gasteiger partial charge >= 0.3 is 24.1 Å². The van der Waals surface area contributed by atoms with Crippen LogP contribution in [0.5, 0.6) is 18.0 Å². The van der Waals surface area contributed by atoms with E-state index in [0.29, 0.717) is 129 Å².